The summed E-state index contributed by atoms with van der Waals surface area (Å²) in [6.07, 6.45) is 2.87. The van der Waals surface area contributed by atoms with E-state index in [0.29, 0.717) is 52.1 Å². The second-order valence-electron chi connectivity index (χ2n) is 7.36. The number of nitrogens with zero attached hydrogens (tertiary/aromatic N) is 2. The van der Waals surface area contributed by atoms with Gasteiger partial charge >= 0.3 is 0 Å². The molecular weight excluding hydrogens is 464 g/mol. The summed E-state index contributed by atoms with van der Waals surface area (Å²) in [5, 5.41) is 8.25. The van der Waals surface area contributed by atoms with Crippen LogP contribution in [0.5, 0.6) is 5.75 Å². The monoisotopic (exact) mass is 484 g/mol. The van der Waals surface area contributed by atoms with Crippen LogP contribution >= 0.6 is 22.9 Å². The molecule has 2 heterocycles. The molecule has 1 aliphatic heterocycles. The summed E-state index contributed by atoms with van der Waals surface area (Å²) in [7, 11) is 1.48. The summed E-state index contributed by atoms with van der Waals surface area (Å²) < 4.78 is 5.29. The van der Waals surface area contributed by atoms with Gasteiger partial charge in [0.1, 0.15) is 11.8 Å². The van der Waals surface area contributed by atoms with E-state index in [1.165, 1.54) is 18.4 Å². The van der Waals surface area contributed by atoms with Crippen molar-refractivity contribution in [3.63, 3.8) is 0 Å². The number of methoxy groups -OCH3 is 1. The Morgan fingerprint density at radius 1 is 1.15 bits per heavy atom. The van der Waals surface area contributed by atoms with Gasteiger partial charge in [-0.05, 0) is 55.3 Å². The van der Waals surface area contributed by atoms with E-state index in [4.69, 9.17) is 16.3 Å². The van der Waals surface area contributed by atoms with Gasteiger partial charge in [-0.1, -0.05) is 11.6 Å². The Hall–Kier alpha value is -3.43. The maximum atomic E-state index is 13.2. The quantitative estimate of drug-likeness (QED) is 0.543. The number of ether oxygens (including phenoxy) is 1. The second-order valence-corrected chi connectivity index (χ2v) is 8.69. The van der Waals surface area contributed by atoms with Gasteiger partial charge in [-0.3, -0.25) is 19.7 Å². The summed E-state index contributed by atoms with van der Waals surface area (Å²) in [5.41, 5.74) is 1.29. The van der Waals surface area contributed by atoms with Crippen LogP contribution in [0.25, 0.3) is 0 Å². The molecule has 2 N–H and O–H groups in total. The molecule has 33 heavy (non-hydrogen) atoms. The van der Waals surface area contributed by atoms with E-state index in [1.54, 1.807) is 58.9 Å². The molecule has 0 bridgehead atoms. The first kappa shape index (κ1) is 22.8. The SMILES string of the molecule is COc1ccc(Cl)cc1C(=O)N1CCCC1C(=O)Nc1ccc(C(=O)Nc2nccs2)cc1. The molecule has 0 radical (unpaired) electrons. The summed E-state index contributed by atoms with van der Waals surface area (Å²) in [4.78, 5) is 44.0. The van der Waals surface area contributed by atoms with Crippen LogP contribution in [0.1, 0.15) is 33.6 Å². The van der Waals surface area contributed by atoms with E-state index >= 15 is 0 Å². The minimum atomic E-state index is -0.617. The predicted octanol–water partition coefficient (Wildman–Crippen LogP) is 4.30. The van der Waals surface area contributed by atoms with Gasteiger partial charge in [0.05, 0.1) is 12.7 Å². The molecule has 0 aliphatic carbocycles. The molecule has 1 unspecified atom stereocenters. The van der Waals surface area contributed by atoms with E-state index in [-0.39, 0.29) is 17.7 Å². The molecule has 1 saturated heterocycles. The molecule has 3 amide bonds. The molecule has 4 rings (SSSR count). The molecule has 3 aromatic rings. The van der Waals surface area contributed by atoms with E-state index in [0.717, 1.165) is 0 Å². The molecule has 0 spiro atoms. The summed E-state index contributed by atoms with van der Waals surface area (Å²) >= 11 is 7.40. The van der Waals surface area contributed by atoms with Crippen LogP contribution in [0.4, 0.5) is 10.8 Å². The maximum absolute atomic E-state index is 13.2. The zero-order valence-corrected chi connectivity index (χ0v) is 19.3. The number of anilines is 2. The Bertz CT molecular complexity index is 1170. The molecular formula is C23H21ClN4O4S. The summed E-state index contributed by atoms with van der Waals surface area (Å²) in [6.45, 7) is 0.461. The van der Waals surface area contributed by atoms with Gasteiger partial charge in [0.25, 0.3) is 11.8 Å². The average Bonchev–Trinajstić information content (AvgIpc) is 3.51. The van der Waals surface area contributed by atoms with Crippen molar-refractivity contribution in [2.75, 3.05) is 24.3 Å². The number of aromatic nitrogens is 1. The molecule has 1 fully saturated rings. The minimum Gasteiger partial charge on any atom is -0.496 e. The van der Waals surface area contributed by atoms with Gasteiger partial charge in [0, 0.05) is 34.4 Å². The third-order valence-corrected chi connectivity index (χ3v) is 6.20. The van der Waals surface area contributed by atoms with Crippen molar-refractivity contribution >= 4 is 51.5 Å². The summed E-state index contributed by atoms with van der Waals surface area (Å²) in [6, 6.07) is 10.7. The number of carbonyl (C=O) groups is 3. The lowest BCUT2D eigenvalue weighted by Gasteiger charge is -2.25. The first-order valence-corrected chi connectivity index (χ1v) is 11.5. The number of hydrogen-bond acceptors (Lipinski definition) is 6. The van der Waals surface area contributed by atoms with Crippen LogP contribution in [0.15, 0.2) is 54.0 Å². The highest BCUT2D eigenvalue weighted by Gasteiger charge is 2.35. The van der Waals surface area contributed by atoms with Gasteiger partial charge in [-0.2, -0.15) is 0 Å². The van der Waals surface area contributed by atoms with Gasteiger partial charge in [0.2, 0.25) is 5.91 Å². The number of carbonyl (C=O) groups excluding carboxylic acids is 3. The number of halogens is 1. The zero-order valence-electron chi connectivity index (χ0n) is 17.7. The molecule has 1 aliphatic rings. The zero-order chi connectivity index (χ0) is 23.4. The van der Waals surface area contributed by atoms with Crippen LogP contribution in [-0.4, -0.2) is 47.3 Å². The third-order valence-electron chi connectivity index (χ3n) is 5.28. The van der Waals surface area contributed by atoms with E-state index in [2.05, 4.69) is 15.6 Å². The van der Waals surface area contributed by atoms with Gasteiger partial charge in [0.15, 0.2) is 5.13 Å². The van der Waals surface area contributed by atoms with Crippen LogP contribution in [-0.2, 0) is 4.79 Å². The number of nitrogens with one attached hydrogen (secondary N) is 2. The normalized spacial score (nSPS) is 15.2. The van der Waals surface area contributed by atoms with Crippen molar-refractivity contribution in [3.05, 3.63) is 70.2 Å². The predicted molar refractivity (Wildman–Crippen MR) is 127 cm³/mol. The first-order chi connectivity index (χ1) is 16.0. The Labute approximate surface area is 199 Å². The molecule has 2 aromatic carbocycles. The largest absolute Gasteiger partial charge is 0.496 e. The van der Waals surface area contributed by atoms with Crippen LogP contribution in [0.2, 0.25) is 5.02 Å². The number of amides is 3. The third kappa shape index (κ3) is 5.15. The van der Waals surface area contributed by atoms with Crippen molar-refractivity contribution in [1.29, 1.82) is 0 Å². The Morgan fingerprint density at radius 3 is 2.64 bits per heavy atom. The smallest absolute Gasteiger partial charge is 0.258 e. The molecule has 1 aromatic heterocycles. The van der Waals surface area contributed by atoms with Crippen molar-refractivity contribution in [3.8, 4) is 5.75 Å². The molecule has 170 valence electrons. The lowest BCUT2D eigenvalue weighted by Crippen LogP contribution is -2.43. The number of rotatable bonds is 6. The topological polar surface area (TPSA) is 101 Å². The lowest BCUT2D eigenvalue weighted by atomic mass is 10.1. The van der Waals surface area contributed by atoms with E-state index in [1.807, 2.05) is 0 Å². The molecule has 0 saturated carbocycles. The van der Waals surface area contributed by atoms with Gasteiger partial charge in [-0.15, -0.1) is 11.3 Å². The Balaban J connectivity index is 1.43. The average molecular weight is 485 g/mol. The van der Waals surface area contributed by atoms with E-state index < -0.39 is 6.04 Å². The van der Waals surface area contributed by atoms with Gasteiger partial charge < -0.3 is 15.0 Å². The fourth-order valence-electron chi connectivity index (χ4n) is 3.67. The highest BCUT2D eigenvalue weighted by Crippen LogP contribution is 2.28. The fraction of sp³-hybridized carbons (Fsp3) is 0.217. The number of likely N-dealkylation sites (tertiary alicyclic amines) is 1. The Morgan fingerprint density at radius 2 is 1.94 bits per heavy atom. The van der Waals surface area contributed by atoms with Crippen molar-refractivity contribution < 1.29 is 19.1 Å². The second kappa shape index (κ2) is 10.0. The maximum Gasteiger partial charge on any atom is 0.258 e. The number of benzene rings is 2. The van der Waals surface area contributed by atoms with Crippen LogP contribution in [0.3, 0.4) is 0 Å². The molecule has 8 nitrogen and oxygen atoms in total. The number of thiazole rings is 1. The van der Waals surface area contributed by atoms with Gasteiger partial charge in [-0.25, -0.2) is 4.98 Å². The van der Waals surface area contributed by atoms with Crippen molar-refractivity contribution in [2.45, 2.75) is 18.9 Å². The fourth-order valence-corrected chi connectivity index (χ4v) is 4.37. The van der Waals surface area contributed by atoms with E-state index in [9.17, 15) is 14.4 Å². The Kier molecular flexibility index (Phi) is 6.90. The highest BCUT2D eigenvalue weighted by atomic mass is 35.5. The highest BCUT2D eigenvalue weighted by molar-refractivity contribution is 7.13. The standard InChI is InChI=1S/C23H21ClN4O4S/c1-32-19-9-6-15(24)13-17(19)22(31)28-11-2-3-18(28)21(30)26-16-7-4-14(5-8-16)20(29)27-23-25-10-12-33-23/h4-10,12-13,18H,2-3,11H2,1H3,(H,26,30)(H,25,27,29). The summed E-state index contributed by atoms with van der Waals surface area (Å²) in [5.74, 6) is -0.476. The van der Waals surface area contributed by atoms with Crippen molar-refractivity contribution in [1.82, 2.24) is 9.88 Å². The van der Waals surface area contributed by atoms with Crippen molar-refractivity contribution in [2.24, 2.45) is 0 Å². The van der Waals surface area contributed by atoms with Crippen LogP contribution < -0.4 is 15.4 Å². The molecule has 10 heteroatoms. The van der Waals surface area contributed by atoms with Crippen LogP contribution in [0, 0.1) is 0 Å². The lowest BCUT2D eigenvalue weighted by molar-refractivity contribution is -0.119. The first-order valence-electron chi connectivity index (χ1n) is 10.2. The number of hydrogen-bond donors (Lipinski definition) is 2. The molecule has 1 atom stereocenters. The minimum absolute atomic E-state index is 0.286.